The number of carbonyl (C=O) groups is 1. The molecule has 57 heavy (non-hydrogen) atoms. The molecule has 0 amide bonds. The molecule has 5 nitrogen and oxygen atoms in total. The van der Waals surface area contributed by atoms with Crippen LogP contribution >= 0.6 is 0 Å². The van der Waals surface area contributed by atoms with E-state index >= 15 is 0 Å². The van der Waals surface area contributed by atoms with Gasteiger partial charge in [-0.2, -0.15) is 0 Å². The number of rotatable bonds is 43. The van der Waals surface area contributed by atoms with E-state index in [1.54, 1.807) is 12.7 Å². The van der Waals surface area contributed by atoms with Gasteiger partial charge in [-0.25, -0.2) is 0 Å². The fourth-order valence-electron chi connectivity index (χ4n) is 8.23. The van der Waals surface area contributed by atoms with E-state index in [0.29, 0.717) is 19.1 Å². The monoisotopic (exact) mass is 800 g/mol. The molecule has 0 aliphatic heterocycles. The highest BCUT2D eigenvalue weighted by Crippen LogP contribution is 2.23. The number of nitrogens with zero attached hydrogens (tertiary/aromatic N) is 1. The van der Waals surface area contributed by atoms with Gasteiger partial charge in [0.15, 0.2) is 0 Å². The lowest BCUT2D eigenvalue weighted by Crippen LogP contribution is -2.28. The van der Waals surface area contributed by atoms with E-state index < -0.39 is 0 Å². The topological polar surface area (TPSA) is 48.0 Å². The minimum absolute atomic E-state index is 0.000904. The molecule has 0 N–H and O–H groups in total. The van der Waals surface area contributed by atoms with Gasteiger partial charge in [-0.05, 0) is 89.8 Å². The summed E-state index contributed by atoms with van der Waals surface area (Å²) in [6.07, 6.45) is 49.3. The van der Waals surface area contributed by atoms with Gasteiger partial charge < -0.3 is 14.2 Å². The van der Waals surface area contributed by atoms with E-state index in [2.05, 4.69) is 44.4 Å². The maximum absolute atomic E-state index is 12.2. The Kier molecular flexibility index (Phi) is 38.3. The number of carbonyl (C=O) groups excluding carboxylic acids is 1. The lowest BCUT2D eigenvalue weighted by Gasteiger charge is -2.24. The summed E-state index contributed by atoms with van der Waals surface area (Å²) >= 11 is 0. The second-order valence-electron chi connectivity index (χ2n) is 17.6. The Morgan fingerprint density at radius 2 is 1.07 bits per heavy atom. The number of unbranched alkanes of at least 4 members (excludes halogenated alkanes) is 24. The standard InChI is InChI=1S/C52H97NO4/c1-6-9-12-15-18-27-34-46-56-52(54)41-31-24-20-26-33-45-53(47-49-37-35-40-50(55-5)43-42-49)44-32-25-19-21-28-36-48(4)57-51(38-29-22-16-13-10-7-2)39-30-23-17-14-11-8-3/h42-43,51H,4,6-41,44-47H2,1-3,5H3. The highest BCUT2D eigenvalue weighted by Gasteiger charge is 2.13. The highest BCUT2D eigenvalue weighted by atomic mass is 16.5. The molecule has 0 heterocycles. The van der Waals surface area contributed by atoms with Crippen molar-refractivity contribution in [3.8, 4) is 0 Å². The molecular formula is C52H97NO4. The van der Waals surface area contributed by atoms with E-state index in [0.717, 1.165) is 56.7 Å². The number of methoxy groups -OCH3 is 1. The Bertz CT molecular complexity index is 957. The van der Waals surface area contributed by atoms with Crippen molar-refractivity contribution < 1.29 is 19.0 Å². The molecule has 334 valence electrons. The molecular weight excluding hydrogens is 703 g/mol. The summed E-state index contributed by atoms with van der Waals surface area (Å²) in [6, 6.07) is 0. The molecule has 1 rings (SSSR count). The largest absolute Gasteiger partial charge is 0.501 e. The molecule has 0 bridgehead atoms. The van der Waals surface area contributed by atoms with E-state index in [1.807, 2.05) is 0 Å². The van der Waals surface area contributed by atoms with Crippen LogP contribution in [0.15, 0.2) is 35.8 Å². The molecule has 0 atom stereocenters. The maximum atomic E-state index is 12.2. The lowest BCUT2D eigenvalue weighted by molar-refractivity contribution is -0.143. The quantitative estimate of drug-likeness (QED) is 0.0349. The van der Waals surface area contributed by atoms with Crippen LogP contribution in [0.4, 0.5) is 0 Å². The van der Waals surface area contributed by atoms with Gasteiger partial charge in [0.1, 0.15) is 0 Å². The van der Waals surface area contributed by atoms with Crippen molar-refractivity contribution in [2.45, 2.75) is 258 Å². The molecule has 0 saturated heterocycles. The summed E-state index contributed by atoms with van der Waals surface area (Å²) in [5, 5.41) is 0. The van der Waals surface area contributed by atoms with Crippen molar-refractivity contribution in [1.82, 2.24) is 4.90 Å². The molecule has 0 fully saturated rings. The second kappa shape index (κ2) is 41.0. The SMILES string of the molecule is C=C(CCCCCCCN(CCCCCCCC(=O)OCCCCCCCCC)CC1=CC=C(OC)CCC1)OC(CCCCCCCC)CCCCCCCC. The van der Waals surface area contributed by atoms with Crippen molar-refractivity contribution in [3.05, 3.63) is 35.8 Å². The van der Waals surface area contributed by atoms with Crippen LogP contribution < -0.4 is 0 Å². The third-order valence-electron chi connectivity index (χ3n) is 12.0. The first-order chi connectivity index (χ1) is 28.0. The molecule has 0 aromatic carbocycles. The van der Waals surface area contributed by atoms with Crippen LogP contribution in [0.2, 0.25) is 0 Å². The van der Waals surface area contributed by atoms with Gasteiger partial charge in [0.05, 0.1) is 31.3 Å². The van der Waals surface area contributed by atoms with Crippen molar-refractivity contribution in [2.75, 3.05) is 33.4 Å². The average molecular weight is 800 g/mol. The molecule has 0 radical (unpaired) electrons. The van der Waals surface area contributed by atoms with Gasteiger partial charge in [0.25, 0.3) is 0 Å². The van der Waals surface area contributed by atoms with Crippen LogP contribution in [0.3, 0.4) is 0 Å². The predicted octanol–water partition coefficient (Wildman–Crippen LogP) is 16.3. The molecule has 0 saturated carbocycles. The number of ether oxygens (including phenoxy) is 3. The van der Waals surface area contributed by atoms with Crippen molar-refractivity contribution in [2.24, 2.45) is 0 Å². The van der Waals surface area contributed by atoms with E-state index in [4.69, 9.17) is 14.2 Å². The fourth-order valence-corrected chi connectivity index (χ4v) is 8.23. The Morgan fingerprint density at radius 3 is 1.61 bits per heavy atom. The summed E-state index contributed by atoms with van der Waals surface area (Å²) in [5.74, 6) is 2.14. The molecule has 1 aliphatic carbocycles. The fraction of sp³-hybridized carbons (Fsp3) is 0.865. The van der Waals surface area contributed by atoms with Crippen molar-refractivity contribution in [3.63, 3.8) is 0 Å². The summed E-state index contributed by atoms with van der Waals surface area (Å²) < 4.78 is 17.6. The Labute approximate surface area is 356 Å². The van der Waals surface area contributed by atoms with Crippen molar-refractivity contribution in [1.29, 1.82) is 0 Å². The summed E-state index contributed by atoms with van der Waals surface area (Å²) in [4.78, 5) is 14.9. The third kappa shape index (κ3) is 34.8. The Morgan fingerprint density at radius 1 is 0.596 bits per heavy atom. The molecule has 0 unspecified atom stereocenters. The number of esters is 1. The lowest BCUT2D eigenvalue weighted by atomic mass is 10.0. The minimum Gasteiger partial charge on any atom is -0.501 e. The Hall–Kier alpha value is -1.75. The molecule has 0 spiro atoms. The zero-order chi connectivity index (χ0) is 41.3. The van der Waals surface area contributed by atoms with Gasteiger partial charge in [-0.1, -0.05) is 180 Å². The highest BCUT2D eigenvalue weighted by molar-refractivity contribution is 5.69. The molecule has 5 heteroatoms. The van der Waals surface area contributed by atoms with Crippen LogP contribution in [0.1, 0.15) is 252 Å². The normalized spacial score (nSPS) is 13.2. The zero-order valence-electron chi connectivity index (χ0n) is 38.8. The molecule has 0 aromatic heterocycles. The van der Waals surface area contributed by atoms with E-state index in [9.17, 15) is 4.79 Å². The second-order valence-corrected chi connectivity index (χ2v) is 17.6. The van der Waals surface area contributed by atoms with E-state index in [-0.39, 0.29) is 5.97 Å². The summed E-state index contributed by atoms with van der Waals surface area (Å²) in [5.41, 5.74) is 1.54. The third-order valence-corrected chi connectivity index (χ3v) is 12.0. The number of allylic oxidation sites excluding steroid dienone is 4. The van der Waals surface area contributed by atoms with Gasteiger partial charge in [0.2, 0.25) is 0 Å². The Balaban J connectivity index is 2.35. The zero-order valence-corrected chi connectivity index (χ0v) is 38.8. The average Bonchev–Trinajstić information content (AvgIpc) is 3.45. The first-order valence-corrected chi connectivity index (χ1v) is 25.2. The van der Waals surface area contributed by atoms with E-state index in [1.165, 1.54) is 199 Å². The maximum Gasteiger partial charge on any atom is 0.305 e. The van der Waals surface area contributed by atoms with Crippen LogP contribution in [-0.4, -0.2) is 50.3 Å². The van der Waals surface area contributed by atoms with Crippen LogP contribution in [0.5, 0.6) is 0 Å². The summed E-state index contributed by atoms with van der Waals surface area (Å²) in [6.45, 7) is 15.2. The number of hydrogen-bond donors (Lipinski definition) is 0. The number of hydrogen-bond acceptors (Lipinski definition) is 5. The molecule has 1 aliphatic rings. The molecule has 0 aromatic rings. The first-order valence-electron chi connectivity index (χ1n) is 25.2. The van der Waals surface area contributed by atoms with Crippen molar-refractivity contribution >= 4 is 5.97 Å². The van der Waals surface area contributed by atoms with Gasteiger partial charge in [0, 0.05) is 25.8 Å². The van der Waals surface area contributed by atoms with Gasteiger partial charge >= 0.3 is 5.97 Å². The minimum atomic E-state index is -0.000904. The first kappa shape index (κ1) is 53.3. The smallest absolute Gasteiger partial charge is 0.305 e. The van der Waals surface area contributed by atoms with Gasteiger partial charge in [-0.15, -0.1) is 0 Å². The van der Waals surface area contributed by atoms with Crippen LogP contribution in [-0.2, 0) is 19.0 Å². The van der Waals surface area contributed by atoms with Crippen LogP contribution in [0.25, 0.3) is 0 Å². The van der Waals surface area contributed by atoms with Gasteiger partial charge in [-0.3, -0.25) is 9.69 Å². The van der Waals surface area contributed by atoms with Crippen LogP contribution in [0, 0.1) is 0 Å². The summed E-state index contributed by atoms with van der Waals surface area (Å²) in [7, 11) is 1.80. The predicted molar refractivity (Wildman–Crippen MR) is 248 cm³/mol.